The summed E-state index contributed by atoms with van der Waals surface area (Å²) in [4.78, 5) is 12.3. The minimum Gasteiger partial charge on any atom is -0.329 e. The van der Waals surface area contributed by atoms with Crippen LogP contribution in [0.25, 0.3) is 11.3 Å². The number of nitrogens with two attached hydrogens (primary N) is 1. The predicted octanol–water partition coefficient (Wildman–Crippen LogP) is 1.98. The van der Waals surface area contributed by atoms with E-state index < -0.39 is 0 Å². The van der Waals surface area contributed by atoms with Gasteiger partial charge in [0, 0.05) is 36.7 Å². The molecule has 2 aromatic rings. The maximum Gasteiger partial charge on any atom is 0.237 e. The Bertz CT molecular complexity index is 959. The molecular weight excluding hydrogens is 364 g/mol. The standard InChI is InChI=1S/C22H28N6O/c1-3-13-4-6-16(15(8-13)10-23)21-19(12-25-28(21)2)14-5-7-17-18(9-14)20(11-24)26-27-22(17)29/h4,6,8,12,14,17-18,20,26H,3,5,7,9,11,24H2,1-2H3,(H,27,29). The molecule has 4 unspecified atom stereocenters. The van der Waals surface area contributed by atoms with Crippen molar-refractivity contribution in [1.29, 1.82) is 5.26 Å². The Morgan fingerprint density at radius 2 is 2.21 bits per heavy atom. The lowest BCUT2D eigenvalue weighted by atomic mass is 9.68. The van der Waals surface area contributed by atoms with Crippen LogP contribution in [-0.2, 0) is 18.3 Å². The number of hydrazine groups is 1. The first-order valence-corrected chi connectivity index (χ1v) is 10.4. The molecule has 1 saturated heterocycles. The maximum atomic E-state index is 12.3. The maximum absolute atomic E-state index is 12.3. The van der Waals surface area contributed by atoms with Crippen LogP contribution in [0.1, 0.15) is 48.8 Å². The molecule has 0 spiro atoms. The van der Waals surface area contributed by atoms with Gasteiger partial charge in [0.25, 0.3) is 0 Å². The van der Waals surface area contributed by atoms with Crippen molar-refractivity contribution >= 4 is 5.91 Å². The number of nitriles is 1. The van der Waals surface area contributed by atoms with Crippen molar-refractivity contribution in [1.82, 2.24) is 20.6 Å². The van der Waals surface area contributed by atoms with Gasteiger partial charge >= 0.3 is 0 Å². The van der Waals surface area contributed by atoms with E-state index in [0.29, 0.717) is 18.0 Å². The molecule has 1 amide bonds. The Morgan fingerprint density at radius 1 is 1.38 bits per heavy atom. The Balaban J connectivity index is 1.70. The van der Waals surface area contributed by atoms with Crippen molar-refractivity contribution in [3.63, 3.8) is 0 Å². The normalized spacial score (nSPS) is 26.5. The van der Waals surface area contributed by atoms with Gasteiger partial charge in [-0.25, -0.2) is 5.43 Å². The van der Waals surface area contributed by atoms with Crippen molar-refractivity contribution in [2.75, 3.05) is 6.54 Å². The minimum absolute atomic E-state index is 0.0136. The molecule has 4 rings (SSSR count). The van der Waals surface area contributed by atoms with Crippen LogP contribution in [0, 0.1) is 23.2 Å². The zero-order valence-corrected chi connectivity index (χ0v) is 17.0. The topological polar surface area (TPSA) is 109 Å². The Hall–Kier alpha value is -2.69. The number of nitrogens with one attached hydrogen (secondary N) is 2. The summed E-state index contributed by atoms with van der Waals surface area (Å²) < 4.78 is 1.87. The van der Waals surface area contributed by atoms with Crippen LogP contribution < -0.4 is 16.6 Å². The number of fused-ring (bicyclic) bond motifs is 1. The second kappa shape index (κ2) is 7.97. The van der Waals surface area contributed by atoms with E-state index in [4.69, 9.17) is 5.73 Å². The van der Waals surface area contributed by atoms with Gasteiger partial charge in [0.05, 0.1) is 23.5 Å². The number of amides is 1. The van der Waals surface area contributed by atoms with Gasteiger partial charge < -0.3 is 5.73 Å². The number of aryl methyl sites for hydroxylation is 2. The molecule has 152 valence electrons. The molecule has 1 aliphatic carbocycles. The predicted molar refractivity (Wildman–Crippen MR) is 110 cm³/mol. The molecule has 2 aliphatic rings. The molecule has 7 heteroatoms. The summed E-state index contributed by atoms with van der Waals surface area (Å²) in [6.07, 6.45) is 5.49. The molecule has 4 N–H and O–H groups in total. The average molecular weight is 393 g/mol. The molecule has 29 heavy (non-hydrogen) atoms. The first kappa shape index (κ1) is 19.6. The van der Waals surface area contributed by atoms with Crippen LogP contribution in [0.15, 0.2) is 24.4 Å². The van der Waals surface area contributed by atoms with Gasteiger partial charge in [-0.3, -0.25) is 14.9 Å². The van der Waals surface area contributed by atoms with Gasteiger partial charge in [0.1, 0.15) is 0 Å². The highest BCUT2D eigenvalue weighted by Gasteiger charge is 2.43. The minimum atomic E-state index is 0.0136. The quantitative estimate of drug-likeness (QED) is 0.737. The fraction of sp³-hybridized carbons (Fsp3) is 0.500. The van der Waals surface area contributed by atoms with Crippen LogP contribution in [0.5, 0.6) is 0 Å². The summed E-state index contributed by atoms with van der Waals surface area (Å²) in [7, 11) is 1.93. The molecule has 4 atom stereocenters. The second-order valence-corrected chi connectivity index (χ2v) is 8.17. The van der Waals surface area contributed by atoms with Gasteiger partial charge in [0.15, 0.2) is 0 Å². The third-order valence-corrected chi connectivity index (χ3v) is 6.66. The molecule has 1 aliphatic heterocycles. The summed E-state index contributed by atoms with van der Waals surface area (Å²) in [6.45, 7) is 2.58. The van der Waals surface area contributed by atoms with E-state index in [1.54, 1.807) is 0 Å². The van der Waals surface area contributed by atoms with Gasteiger partial charge in [-0.05, 0) is 49.1 Å². The van der Waals surface area contributed by atoms with Crippen molar-refractivity contribution < 1.29 is 4.79 Å². The van der Waals surface area contributed by atoms with Crippen LogP contribution >= 0.6 is 0 Å². The van der Waals surface area contributed by atoms with Crippen molar-refractivity contribution in [2.24, 2.45) is 24.6 Å². The number of hydrogen-bond acceptors (Lipinski definition) is 5. The zero-order valence-electron chi connectivity index (χ0n) is 17.0. The van der Waals surface area contributed by atoms with E-state index in [1.165, 1.54) is 0 Å². The van der Waals surface area contributed by atoms with Gasteiger partial charge in [-0.2, -0.15) is 10.4 Å². The number of carbonyl (C=O) groups is 1. The Morgan fingerprint density at radius 3 is 2.93 bits per heavy atom. The molecule has 2 fully saturated rings. The summed E-state index contributed by atoms with van der Waals surface area (Å²) >= 11 is 0. The fourth-order valence-corrected chi connectivity index (χ4v) is 5.05. The monoisotopic (exact) mass is 392 g/mol. The third-order valence-electron chi connectivity index (χ3n) is 6.66. The number of hydrogen-bond donors (Lipinski definition) is 3. The molecule has 7 nitrogen and oxygen atoms in total. The number of benzene rings is 1. The largest absolute Gasteiger partial charge is 0.329 e. The number of aromatic nitrogens is 2. The lowest BCUT2D eigenvalue weighted by Crippen LogP contribution is -2.62. The summed E-state index contributed by atoms with van der Waals surface area (Å²) in [6, 6.07) is 8.55. The first-order valence-electron chi connectivity index (χ1n) is 10.4. The Kier molecular flexibility index (Phi) is 5.39. The van der Waals surface area contributed by atoms with Gasteiger partial charge in [-0.15, -0.1) is 0 Å². The van der Waals surface area contributed by atoms with Crippen molar-refractivity contribution in [3.8, 4) is 17.3 Å². The molecule has 1 saturated carbocycles. The summed E-state index contributed by atoms with van der Waals surface area (Å²) in [5.74, 6) is 0.587. The molecule has 1 aromatic heterocycles. The van der Waals surface area contributed by atoms with Crippen molar-refractivity contribution in [2.45, 2.75) is 44.6 Å². The number of nitrogens with zero attached hydrogens (tertiary/aromatic N) is 3. The fourth-order valence-electron chi connectivity index (χ4n) is 5.05. The lowest BCUT2D eigenvalue weighted by Gasteiger charge is -2.43. The third kappa shape index (κ3) is 3.43. The average Bonchev–Trinajstić information content (AvgIpc) is 3.14. The van der Waals surface area contributed by atoms with E-state index in [0.717, 1.165) is 48.1 Å². The molecule has 0 bridgehead atoms. The number of carbonyl (C=O) groups excluding carboxylic acids is 1. The van der Waals surface area contributed by atoms with Crippen LogP contribution in [0.4, 0.5) is 0 Å². The van der Waals surface area contributed by atoms with E-state index in [1.807, 2.05) is 30.1 Å². The zero-order chi connectivity index (χ0) is 20.5. The molecule has 2 heterocycles. The highest BCUT2D eigenvalue weighted by atomic mass is 16.2. The summed E-state index contributed by atoms with van der Waals surface area (Å²) in [5.41, 5.74) is 16.8. The second-order valence-electron chi connectivity index (χ2n) is 8.17. The van der Waals surface area contributed by atoms with E-state index >= 15 is 0 Å². The van der Waals surface area contributed by atoms with Crippen LogP contribution in [0.3, 0.4) is 0 Å². The lowest BCUT2D eigenvalue weighted by molar-refractivity contribution is -0.133. The SMILES string of the molecule is CCc1ccc(-c2c(C3CCC4C(=O)NNC(CN)C4C3)cnn2C)c(C#N)c1. The molecule has 0 radical (unpaired) electrons. The van der Waals surface area contributed by atoms with Gasteiger partial charge in [0.2, 0.25) is 5.91 Å². The smallest absolute Gasteiger partial charge is 0.237 e. The van der Waals surface area contributed by atoms with E-state index in [9.17, 15) is 10.1 Å². The Labute approximate surface area is 171 Å². The first-order chi connectivity index (χ1) is 14.1. The van der Waals surface area contributed by atoms with E-state index in [-0.39, 0.29) is 23.8 Å². The number of rotatable bonds is 4. The molecule has 1 aromatic carbocycles. The molecular formula is C22H28N6O. The summed E-state index contributed by atoms with van der Waals surface area (Å²) in [5, 5.41) is 14.3. The van der Waals surface area contributed by atoms with E-state index in [2.05, 4.69) is 35.0 Å². The highest BCUT2D eigenvalue weighted by molar-refractivity contribution is 5.79. The highest BCUT2D eigenvalue weighted by Crippen LogP contribution is 2.44. The van der Waals surface area contributed by atoms with Crippen LogP contribution in [-0.4, -0.2) is 28.3 Å². The van der Waals surface area contributed by atoms with Crippen LogP contribution in [0.2, 0.25) is 0 Å². The van der Waals surface area contributed by atoms with Crippen molar-refractivity contribution in [3.05, 3.63) is 41.1 Å². The van der Waals surface area contributed by atoms with Gasteiger partial charge in [-0.1, -0.05) is 19.1 Å².